The second kappa shape index (κ2) is 11.4. The number of aryl methyl sites for hydroxylation is 1. The molecule has 0 N–H and O–H groups in total. The number of anilines is 3. The van der Waals surface area contributed by atoms with E-state index >= 15 is 0 Å². The average molecular weight is 540 g/mol. The molecule has 0 unspecified atom stereocenters. The Morgan fingerprint density at radius 1 is 0.500 bits per heavy atom. The summed E-state index contributed by atoms with van der Waals surface area (Å²) in [7, 11) is 0. The van der Waals surface area contributed by atoms with Gasteiger partial charge in [0.1, 0.15) is 0 Å². The fourth-order valence-electron chi connectivity index (χ4n) is 5.97. The molecule has 6 aromatic rings. The van der Waals surface area contributed by atoms with Gasteiger partial charge < -0.3 is 4.90 Å². The summed E-state index contributed by atoms with van der Waals surface area (Å²) in [6.45, 7) is 2.13. The summed E-state index contributed by atoms with van der Waals surface area (Å²) in [6, 6.07) is 50.7. The first-order valence-electron chi connectivity index (χ1n) is 14.8. The van der Waals surface area contributed by atoms with Gasteiger partial charge in [-0.2, -0.15) is 0 Å². The van der Waals surface area contributed by atoms with Crippen LogP contribution in [0.25, 0.3) is 38.6 Å². The fraction of sp³-hybridized carbons (Fsp3) is 0.0732. The van der Waals surface area contributed by atoms with E-state index in [1.807, 2.05) is 0 Å². The van der Waals surface area contributed by atoms with Crippen molar-refractivity contribution < 1.29 is 0 Å². The van der Waals surface area contributed by atoms with Crippen LogP contribution in [0.2, 0.25) is 0 Å². The normalized spacial score (nSPS) is 12.7. The highest BCUT2D eigenvalue weighted by molar-refractivity contribution is 5.99. The molecule has 0 aliphatic heterocycles. The Balaban J connectivity index is 1.31. The van der Waals surface area contributed by atoms with Gasteiger partial charge in [0, 0.05) is 16.8 Å². The molecule has 0 saturated carbocycles. The molecule has 0 radical (unpaired) electrons. The zero-order valence-corrected chi connectivity index (χ0v) is 23.9. The number of benzene rings is 6. The number of nitrogens with zero attached hydrogens (tertiary/aromatic N) is 1. The van der Waals surface area contributed by atoms with E-state index in [1.165, 1.54) is 55.4 Å². The van der Waals surface area contributed by atoms with Crippen LogP contribution in [0.1, 0.15) is 24.0 Å². The van der Waals surface area contributed by atoms with Crippen LogP contribution in [0.4, 0.5) is 17.1 Å². The highest BCUT2D eigenvalue weighted by Crippen LogP contribution is 2.41. The molecular formula is C41H33N. The van der Waals surface area contributed by atoms with Crippen molar-refractivity contribution in [3.63, 3.8) is 0 Å². The quantitative estimate of drug-likeness (QED) is 0.203. The summed E-state index contributed by atoms with van der Waals surface area (Å²) in [4.78, 5) is 2.38. The molecule has 0 amide bonds. The highest BCUT2D eigenvalue weighted by Gasteiger charge is 2.16. The maximum Gasteiger partial charge on any atom is 0.0540 e. The Morgan fingerprint density at radius 3 is 1.71 bits per heavy atom. The van der Waals surface area contributed by atoms with Crippen molar-refractivity contribution in [1.29, 1.82) is 0 Å². The van der Waals surface area contributed by atoms with Crippen molar-refractivity contribution in [3.05, 3.63) is 169 Å². The van der Waals surface area contributed by atoms with Gasteiger partial charge >= 0.3 is 0 Å². The maximum atomic E-state index is 2.38. The lowest BCUT2D eigenvalue weighted by Crippen LogP contribution is -2.10. The molecule has 0 spiro atoms. The van der Waals surface area contributed by atoms with Gasteiger partial charge in [0.2, 0.25) is 0 Å². The zero-order valence-electron chi connectivity index (χ0n) is 23.9. The molecule has 42 heavy (non-hydrogen) atoms. The third kappa shape index (κ3) is 5.06. The van der Waals surface area contributed by atoms with Gasteiger partial charge in [-0.1, -0.05) is 133 Å². The molecule has 0 aromatic heterocycles. The van der Waals surface area contributed by atoms with E-state index < -0.39 is 0 Å². The predicted octanol–water partition coefficient (Wildman–Crippen LogP) is 11.7. The smallest absolute Gasteiger partial charge is 0.0540 e. The second-order valence-electron chi connectivity index (χ2n) is 11.0. The summed E-state index contributed by atoms with van der Waals surface area (Å²) in [5, 5.41) is 2.47. The lowest BCUT2D eigenvalue weighted by Gasteiger charge is -2.27. The fourth-order valence-corrected chi connectivity index (χ4v) is 5.97. The van der Waals surface area contributed by atoms with Gasteiger partial charge in [0.05, 0.1) is 5.69 Å². The third-order valence-electron chi connectivity index (χ3n) is 8.19. The van der Waals surface area contributed by atoms with Crippen LogP contribution >= 0.6 is 0 Å². The van der Waals surface area contributed by atoms with E-state index in [9.17, 15) is 0 Å². The molecule has 0 bridgehead atoms. The maximum absolute atomic E-state index is 2.38. The number of allylic oxidation sites excluding steroid dienone is 4. The van der Waals surface area contributed by atoms with Gasteiger partial charge in [0.15, 0.2) is 0 Å². The molecule has 0 heterocycles. The second-order valence-corrected chi connectivity index (χ2v) is 11.0. The number of fused-ring (bicyclic) bond motifs is 1. The Morgan fingerprint density at radius 2 is 1.07 bits per heavy atom. The van der Waals surface area contributed by atoms with Crippen molar-refractivity contribution in [2.45, 2.75) is 19.8 Å². The largest absolute Gasteiger partial charge is 0.310 e. The van der Waals surface area contributed by atoms with E-state index in [4.69, 9.17) is 0 Å². The summed E-state index contributed by atoms with van der Waals surface area (Å²) in [5.74, 6) is 0. The van der Waals surface area contributed by atoms with Crippen LogP contribution in [0.3, 0.4) is 0 Å². The highest BCUT2D eigenvalue weighted by atomic mass is 15.1. The minimum Gasteiger partial charge on any atom is -0.310 e. The molecule has 1 aliphatic carbocycles. The van der Waals surface area contributed by atoms with Crippen LogP contribution in [0.5, 0.6) is 0 Å². The van der Waals surface area contributed by atoms with Crippen LogP contribution in [-0.2, 0) is 0 Å². The molecular weight excluding hydrogens is 506 g/mol. The molecule has 0 saturated heterocycles. The number of rotatable bonds is 6. The third-order valence-corrected chi connectivity index (χ3v) is 8.19. The van der Waals surface area contributed by atoms with E-state index in [1.54, 1.807) is 0 Å². The molecule has 1 heteroatoms. The van der Waals surface area contributed by atoms with Gasteiger partial charge in [-0.3, -0.25) is 0 Å². The summed E-state index contributed by atoms with van der Waals surface area (Å²) in [5.41, 5.74) is 12.2. The minimum atomic E-state index is 1.11. The van der Waals surface area contributed by atoms with Crippen molar-refractivity contribution in [2.75, 3.05) is 4.90 Å². The number of hydrogen-bond donors (Lipinski definition) is 0. The molecule has 1 aliphatic rings. The van der Waals surface area contributed by atoms with E-state index in [2.05, 4.69) is 170 Å². The van der Waals surface area contributed by atoms with Gasteiger partial charge in [0.25, 0.3) is 0 Å². The van der Waals surface area contributed by atoms with Crippen LogP contribution in [0, 0.1) is 6.92 Å². The van der Waals surface area contributed by atoms with E-state index in [0.717, 1.165) is 24.2 Å². The van der Waals surface area contributed by atoms with Gasteiger partial charge in [-0.05, 0) is 88.9 Å². The standard InChI is InChI=1S/C41H33N/c1-30-18-20-34(21-19-30)38-14-7-8-15-39(38)35-24-28-37(29-25-35)42(41-17-9-13-33-12-5-6-16-40(33)41)36-26-22-32(23-27-36)31-10-3-2-4-11-31/h3,5-29H,2,4H2,1H3. The molecule has 6 aromatic carbocycles. The van der Waals surface area contributed by atoms with Crippen LogP contribution < -0.4 is 4.90 Å². The van der Waals surface area contributed by atoms with Crippen molar-refractivity contribution >= 4 is 33.4 Å². The average Bonchev–Trinajstić information content (AvgIpc) is 3.06. The topological polar surface area (TPSA) is 3.24 Å². The first-order valence-corrected chi connectivity index (χ1v) is 14.8. The molecule has 0 atom stereocenters. The van der Waals surface area contributed by atoms with Crippen molar-refractivity contribution in [3.8, 4) is 22.3 Å². The minimum absolute atomic E-state index is 1.11. The van der Waals surface area contributed by atoms with Crippen molar-refractivity contribution in [2.24, 2.45) is 0 Å². The number of hydrogen-bond acceptors (Lipinski definition) is 1. The summed E-state index contributed by atoms with van der Waals surface area (Å²) >= 11 is 0. The monoisotopic (exact) mass is 539 g/mol. The van der Waals surface area contributed by atoms with Crippen LogP contribution in [-0.4, -0.2) is 0 Å². The Bertz CT molecular complexity index is 1900. The molecule has 0 fully saturated rings. The molecule has 7 rings (SSSR count). The SMILES string of the molecule is Cc1ccc(-c2ccccc2-c2ccc(N(c3ccc(C4=CCCC=C4)cc3)c3cccc4ccccc34)cc2)cc1. The molecule has 202 valence electrons. The summed E-state index contributed by atoms with van der Waals surface area (Å²) < 4.78 is 0. The first kappa shape index (κ1) is 25.8. The molecule has 1 nitrogen and oxygen atoms in total. The van der Waals surface area contributed by atoms with Crippen molar-refractivity contribution in [1.82, 2.24) is 0 Å². The Labute approximate surface area is 248 Å². The van der Waals surface area contributed by atoms with Gasteiger partial charge in [-0.25, -0.2) is 0 Å². The van der Waals surface area contributed by atoms with E-state index in [-0.39, 0.29) is 0 Å². The Kier molecular flexibility index (Phi) is 7.00. The summed E-state index contributed by atoms with van der Waals surface area (Å²) in [6.07, 6.45) is 9.08. The zero-order chi connectivity index (χ0) is 28.3. The predicted molar refractivity (Wildman–Crippen MR) is 181 cm³/mol. The van der Waals surface area contributed by atoms with E-state index in [0.29, 0.717) is 0 Å². The van der Waals surface area contributed by atoms with Crippen LogP contribution in [0.15, 0.2) is 158 Å². The lowest BCUT2D eigenvalue weighted by atomic mass is 9.94. The first-order chi connectivity index (χ1) is 20.7. The van der Waals surface area contributed by atoms with Gasteiger partial charge in [-0.15, -0.1) is 0 Å². The Hall–Kier alpha value is -5.14. The lowest BCUT2D eigenvalue weighted by molar-refractivity contribution is 1.04.